The minimum atomic E-state index is -0.536. The summed E-state index contributed by atoms with van der Waals surface area (Å²) in [7, 11) is 1.31. The minimum Gasteiger partial charge on any atom is -0.464 e. The summed E-state index contributed by atoms with van der Waals surface area (Å²) >= 11 is 3.41. The molecule has 2 aromatic heterocycles. The first kappa shape index (κ1) is 15.8. The number of ether oxygens (including phenoxy) is 1. The van der Waals surface area contributed by atoms with E-state index in [-0.39, 0.29) is 11.5 Å². The summed E-state index contributed by atoms with van der Waals surface area (Å²) in [6.07, 6.45) is 0. The molecule has 1 N–H and O–H groups in total. The summed E-state index contributed by atoms with van der Waals surface area (Å²) in [5.74, 6) is -0.874. The fourth-order valence-electron chi connectivity index (χ4n) is 2.89. The van der Waals surface area contributed by atoms with Crippen LogP contribution < -0.4 is 0 Å². The van der Waals surface area contributed by atoms with Crippen LogP contribution in [0.4, 0.5) is 4.39 Å². The third-order valence-electron chi connectivity index (χ3n) is 4.06. The number of fused-ring (bicyclic) bond motifs is 3. The highest BCUT2D eigenvalue weighted by atomic mass is 79.9. The highest BCUT2D eigenvalue weighted by molar-refractivity contribution is 9.10. The van der Waals surface area contributed by atoms with Crippen molar-refractivity contribution in [2.45, 2.75) is 0 Å². The Morgan fingerprint density at radius 1 is 1.12 bits per heavy atom. The molecule has 0 aliphatic rings. The Bertz CT molecular complexity index is 1120. The van der Waals surface area contributed by atoms with Gasteiger partial charge < -0.3 is 9.72 Å². The summed E-state index contributed by atoms with van der Waals surface area (Å²) in [5.41, 5.74) is 3.15. The summed E-state index contributed by atoms with van der Waals surface area (Å²) in [6.45, 7) is 0. The molecule has 4 nitrogen and oxygen atoms in total. The van der Waals surface area contributed by atoms with Crippen LogP contribution in [0.3, 0.4) is 0 Å². The maximum atomic E-state index is 13.7. The van der Waals surface area contributed by atoms with Gasteiger partial charge in [-0.15, -0.1) is 0 Å². The van der Waals surface area contributed by atoms with E-state index in [4.69, 9.17) is 4.74 Å². The van der Waals surface area contributed by atoms with E-state index in [0.29, 0.717) is 11.1 Å². The molecule has 0 radical (unpaired) electrons. The van der Waals surface area contributed by atoms with Crippen molar-refractivity contribution in [3.63, 3.8) is 0 Å². The van der Waals surface area contributed by atoms with Crippen LogP contribution in [0.15, 0.2) is 53.0 Å². The number of aromatic nitrogens is 2. The molecule has 0 saturated heterocycles. The Labute approximate surface area is 150 Å². The van der Waals surface area contributed by atoms with E-state index in [2.05, 4.69) is 25.9 Å². The van der Waals surface area contributed by atoms with Gasteiger partial charge in [-0.05, 0) is 36.4 Å². The van der Waals surface area contributed by atoms with Crippen molar-refractivity contribution >= 4 is 43.7 Å². The van der Waals surface area contributed by atoms with Crippen molar-refractivity contribution < 1.29 is 13.9 Å². The van der Waals surface area contributed by atoms with Crippen LogP contribution >= 0.6 is 15.9 Å². The van der Waals surface area contributed by atoms with E-state index >= 15 is 0 Å². The molecular weight excluding hydrogens is 387 g/mol. The molecular formula is C19H12BrFN2O2. The number of hydrogen-bond donors (Lipinski definition) is 1. The highest BCUT2D eigenvalue weighted by Gasteiger charge is 2.17. The average Bonchev–Trinajstić information content (AvgIpc) is 2.99. The quantitative estimate of drug-likeness (QED) is 0.479. The largest absolute Gasteiger partial charge is 0.464 e. The van der Waals surface area contributed by atoms with Crippen LogP contribution in [0.5, 0.6) is 0 Å². The van der Waals surface area contributed by atoms with Crippen molar-refractivity contribution in [1.29, 1.82) is 0 Å². The second-order valence-electron chi connectivity index (χ2n) is 5.59. The smallest absolute Gasteiger partial charge is 0.356 e. The number of pyridine rings is 1. The topological polar surface area (TPSA) is 55.0 Å². The fraction of sp³-hybridized carbons (Fsp3) is 0.0526. The van der Waals surface area contributed by atoms with Crippen LogP contribution in [0.1, 0.15) is 10.5 Å². The molecule has 0 atom stereocenters. The number of methoxy groups -OCH3 is 1. The minimum absolute atomic E-state index is 0.179. The number of benzene rings is 2. The van der Waals surface area contributed by atoms with Crippen molar-refractivity contribution in [2.75, 3.05) is 7.11 Å². The van der Waals surface area contributed by atoms with Gasteiger partial charge in [-0.25, -0.2) is 14.2 Å². The predicted molar refractivity (Wildman–Crippen MR) is 98.0 cm³/mol. The molecule has 124 valence electrons. The SMILES string of the molecule is COC(=O)c1cc2c([nH]c3ccc(F)cc32)c(-c2ccc(Br)cc2)n1. The molecule has 2 heterocycles. The van der Waals surface area contributed by atoms with Gasteiger partial charge in [0.1, 0.15) is 11.5 Å². The molecule has 4 aromatic rings. The lowest BCUT2D eigenvalue weighted by molar-refractivity contribution is 0.0594. The van der Waals surface area contributed by atoms with Gasteiger partial charge in [0.2, 0.25) is 0 Å². The summed E-state index contributed by atoms with van der Waals surface area (Å²) in [4.78, 5) is 19.8. The van der Waals surface area contributed by atoms with E-state index in [1.807, 2.05) is 24.3 Å². The lowest BCUT2D eigenvalue weighted by Crippen LogP contribution is -2.05. The molecule has 0 bridgehead atoms. The first-order valence-electron chi connectivity index (χ1n) is 7.53. The molecule has 0 aliphatic carbocycles. The van der Waals surface area contributed by atoms with Crippen molar-refractivity contribution in [3.05, 3.63) is 64.5 Å². The van der Waals surface area contributed by atoms with Gasteiger partial charge in [-0.3, -0.25) is 0 Å². The summed E-state index contributed by atoms with van der Waals surface area (Å²) < 4.78 is 19.5. The maximum absolute atomic E-state index is 13.7. The number of aromatic amines is 1. The van der Waals surface area contributed by atoms with E-state index in [1.54, 1.807) is 12.1 Å². The highest BCUT2D eigenvalue weighted by Crippen LogP contribution is 2.33. The molecule has 4 rings (SSSR count). The number of carbonyl (C=O) groups excluding carboxylic acids is 1. The summed E-state index contributed by atoms with van der Waals surface area (Å²) in [5, 5.41) is 1.42. The normalized spacial score (nSPS) is 11.2. The van der Waals surface area contributed by atoms with E-state index in [1.165, 1.54) is 19.2 Å². The van der Waals surface area contributed by atoms with Crippen LogP contribution in [0, 0.1) is 5.82 Å². The predicted octanol–water partition coefficient (Wildman–Crippen LogP) is 5.07. The van der Waals surface area contributed by atoms with Crippen LogP contribution in [-0.2, 0) is 4.74 Å². The number of nitrogens with one attached hydrogen (secondary N) is 1. The standard InChI is InChI=1S/C19H12BrFN2O2/c1-25-19(24)16-9-14-13-8-12(21)6-7-15(13)22-18(14)17(23-16)10-2-4-11(20)5-3-10/h2-9,22H,1H3. The molecule has 0 saturated carbocycles. The van der Waals surface area contributed by atoms with Gasteiger partial charge in [0.25, 0.3) is 0 Å². The molecule has 0 amide bonds. The Morgan fingerprint density at radius 3 is 2.60 bits per heavy atom. The van der Waals surface area contributed by atoms with Crippen LogP contribution in [-0.4, -0.2) is 23.0 Å². The van der Waals surface area contributed by atoms with E-state index < -0.39 is 5.97 Å². The maximum Gasteiger partial charge on any atom is 0.356 e. The second-order valence-corrected chi connectivity index (χ2v) is 6.51. The average molecular weight is 399 g/mol. The lowest BCUT2D eigenvalue weighted by Gasteiger charge is -2.06. The number of nitrogens with zero attached hydrogens (tertiary/aromatic N) is 1. The fourth-order valence-corrected chi connectivity index (χ4v) is 3.16. The van der Waals surface area contributed by atoms with Gasteiger partial charge in [-0.2, -0.15) is 0 Å². The van der Waals surface area contributed by atoms with Crippen molar-refractivity contribution in [1.82, 2.24) is 9.97 Å². The number of hydrogen-bond acceptors (Lipinski definition) is 3. The van der Waals surface area contributed by atoms with Crippen molar-refractivity contribution in [3.8, 4) is 11.3 Å². The lowest BCUT2D eigenvalue weighted by atomic mass is 10.1. The monoisotopic (exact) mass is 398 g/mol. The zero-order chi connectivity index (χ0) is 17.6. The number of esters is 1. The van der Waals surface area contributed by atoms with E-state index in [9.17, 15) is 9.18 Å². The Morgan fingerprint density at radius 2 is 1.88 bits per heavy atom. The third kappa shape index (κ3) is 2.68. The molecule has 2 aromatic carbocycles. The summed E-state index contributed by atoms with van der Waals surface area (Å²) in [6, 6.07) is 13.7. The van der Waals surface area contributed by atoms with Gasteiger partial charge in [0.15, 0.2) is 0 Å². The Kier molecular flexibility index (Phi) is 3.77. The first-order valence-corrected chi connectivity index (χ1v) is 8.32. The molecule has 0 spiro atoms. The first-order chi connectivity index (χ1) is 12.1. The molecule has 0 fully saturated rings. The molecule has 0 unspecified atom stereocenters. The second kappa shape index (κ2) is 5.97. The number of rotatable bonds is 2. The Balaban J connectivity index is 2.10. The van der Waals surface area contributed by atoms with Gasteiger partial charge in [-0.1, -0.05) is 28.1 Å². The van der Waals surface area contributed by atoms with E-state index in [0.717, 1.165) is 26.5 Å². The number of carbonyl (C=O) groups is 1. The Hall–Kier alpha value is -2.73. The van der Waals surface area contributed by atoms with Crippen molar-refractivity contribution in [2.24, 2.45) is 0 Å². The number of H-pyrrole nitrogens is 1. The molecule has 25 heavy (non-hydrogen) atoms. The van der Waals surface area contributed by atoms with Gasteiger partial charge >= 0.3 is 5.97 Å². The third-order valence-corrected chi connectivity index (χ3v) is 4.59. The van der Waals surface area contributed by atoms with Gasteiger partial charge in [0, 0.05) is 26.3 Å². The molecule has 6 heteroatoms. The molecule has 0 aliphatic heterocycles. The van der Waals surface area contributed by atoms with Gasteiger partial charge in [0.05, 0.1) is 18.3 Å². The zero-order valence-electron chi connectivity index (χ0n) is 13.1. The van der Waals surface area contributed by atoms with Crippen LogP contribution in [0.25, 0.3) is 33.1 Å². The number of halogens is 2. The van der Waals surface area contributed by atoms with Crippen LogP contribution in [0.2, 0.25) is 0 Å². The zero-order valence-corrected chi connectivity index (χ0v) is 14.7.